The summed E-state index contributed by atoms with van der Waals surface area (Å²) in [5, 5.41) is 3.43. The molecule has 0 saturated carbocycles. The second-order valence-electron chi connectivity index (χ2n) is 7.24. The number of nitrogens with zero attached hydrogens (tertiary/aromatic N) is 1. The van der Waals surface area contributed by atoms with Crippen LogP contribution in [0.3, 0.4) is 0 Å². The summed E-state index contributed by atoms with van der Waals surface area (Å²) in [4.78, 5) is 2.78. The third kappa shape index (κ3) is 3.77. The minimum atomic E-state index is 0.239. The Kier molecular flexibility index (Phi) is 5.52. The Morgan fingerprint density at radius 3 is 2.57 bits per heavy atom. The van der Waals surface area contributed by atoms with E-state index in [2.05, 4.69) is 35.9 Å². The van der Waals surface area contributed by atoms with Crippen LogP contribution in [0.2, 0.25) is 0 Å². The SMILES string of the molecule is CNC(C)C1CCN(C2CCOC3(CCSCC3)C2)CC1. The number of nitrogens with one attached hydrogen (secondary N) is 1. The first-order chi connectivity index (χ1) is 10.2. The van der Waals surface area contributed by atoms with Crippen LogP contribution in [0.5, 0.6) is 0 Å². The summed E-state index contributed by atoms with van der Waals surface area (Å²) in [7, 11) is 2.10. The molecule has 0 aromatic rings. The van der Waals surface area contributed by atoms with Crippen molar-refractivity contribution in [1.82, 2.24) is 10.2 Å². The van der Waals surface area contributed by atoms with Gasteiger partial charge in [0.1, 0.15) is 0 Å². The third-order valence-corrected chi connectivity index (χ3v) is 7.11. The number of thioether (sulfide) groups is 1. The molecular weight excluding hydrogens is 280 g/mol. The van der Waals surface area contributed by atoms with Crippen LogP contribution in [-0.2, 0) is 4.74 Å². The molecule has 0 aromatic heterocycles. The van der Waals surface area contributed by atoms with Crippen molar-refractivity contribution in [3.8, 4) is 0 Å². The van der Waals surface area contributed by atoms with Crippen molar-refractivity contribution >= 4 is 11.8 Å². The lowest BCUT2D eigenvalue weighted by molar-refractivity contribution is -0.113. The Morgan fingerprint density at radius 1 is 1.19 bits per heavy atom. The highest BCUT2D eigenvalue weighted by Crippen LogP contribution is 2.39. The summed E-state index contributed by atoms with van der Waals surface area (Å²) in [5.41, 5.74) is 0.239. The number of hydrogen-bond donors (Lipinski definition) is 1. The Morgan fingerprint density at radius 2 is 1.90 bits per heavy atom. The van der Waals surface area contributed by atoms with Crippen molar-refractivity contribution in [1.29, 1.82) is 0 Å². The summed E-state index contributed by atoms with van der Waals surface area (Å²) in [6.07, 6.45) is 7.83. The Labute approximate surface area is 134 Å². The van der Waals surface area contributed by atoms with Gasteiger partial charge in [0.05, 0.1) is 5.60 Å². The van der Waals surface area contributed by atoms with Crippen LogP contribution >= 0.6 is 11.8 Å². The van der Waals surface area contributed by atoms with Crippen LogP contribution in [0.4, 0.5) is 0 Å². The number of piperidine rings is 1. The number of ether oxygens (including phenoxy) is 1. The molecular formula is C17H32N2OS. The Balaban J connectivity index is 1.53. The molecule has 3 saturated heterocycles. The molecule has 3 nitrogen and oxygen atoms in total. The predicted molar refractivity (Wildman–Crippen MR) is 91.1 cm³/mol. The maximum atomic E-state index is 6.25. The van der Waals surface area contributed by atoms with Gasteiger partial charge in [-0.05, 0) is 83.0 Å². The normalized spacial score (nSPS) is 33.1. The van der Waals surface area contributed by atoms with E-state index in [4.69, 9.17) is 4.74 Å². The van der Waals surface area contributed by atoms with Crippen LogP contribution in [0.1, 0.15) is 45.4 Å². The van der Waals surface area contributed by atoms with E-state index < -0.39 is 0 Å². The van der Waals surface area contributed by atoms with Gasteiger partial charge < -0.3 is 15.0 Å². The van der Waals surface area contributed by atoms with Crippen molar-refractivity contribution in [2.75, 3.05) is 38.2 Å². The van der Waals surface area contributed by atoms with Gasteiger partial charge in [0, 0.05) is 18.7 Å². The first-order valence-electron chi connectivity index (χ1n) is 8.85. The fourth-order valence-electron chi connectivity index (χ4n) is 4.43. The highest BCUT2D eigenvalue weighted by molar-refractivity contribution is 7.99. The molecule has 0 radical (unpaired) electrons. The molecule has 3 aliphatic rings. The molecule has 0 amide bonds. The van der Waals surface area contributed by atoms with E-state index in [1.165, 1.54) is 63.1 Å². The molecule has 1 spiro atoms. The number of likely N-dealkylation sites (tertiary alicyclic amines) is 1. The maximum Gasteiger partial charge on any atom is 0.0713 e. The van der Waals surface area contributed by atoms with Gasteiger partial charge >= 0.3 is 0 Å². The lowest BCUT2D eigenvalue weighted by atomic mass is 9.83. The zero-order valence-corrected chi connectivity index (χ0v) is 14.6. The summed E-state index contributed by atoms with van der Waals surface area (Å²) >= 11 is 2.10. The van der Waals surface area contributed by atoms with Gasteiger partial charge in [-0.2, -0.15) is 11.8 Å². The van der Waals surface area contributed by atoms with Crippen LogP contribution in [0.15, 0.2) is 0 Å². The van der Waals surface area contributed by atoms with E-state index in [9.17, 15) is 0 Å². The highest BCUT2D eigenvalue weighted by Gasteiger charge is 2.41. The highest BCUT2D eigenvalue weighted by atomic mass is 32.2. The average Bonchev–Trinajstić information content (AvgIpc) is 2.55. The quantitative estimate of drug-likeness (QED) is 0.866. The van der Waals surface area contributed by atoms with Gasteiger partial charge in [-0.15, -0.1) is 0 Å². The number of hydrogen-bond acceptors (Lipinski definition) is 4. The molecule has 0 aliphatic carbocycles. The van der Waals surface area contributed by atoms with Crippen LogP contribution in [-0.4, -0.2) is 60.8 Å². The van der Waals surface area contributed by atoms with Gasteiger partial charge in [-0.1, -0.05) is 0 Å². The first kappa shape index (κ1) is 16.1. The summed E-state index contributed by atoms with van der Waals surface area (Å²) in [6, 6.07) is 1.45. The summed E-state index contributed by atoms with van der Waals surface area (Å²) in [6.45, 7) is 5.92. The molecule has 0 bridgehead atoms. The van der Waals surface area contributed by atoms with Crippen molar-refractivity contribution in [3.05, 3.63) is 0 Å². The van der Waals surface area contributed by atoms with Crippen molar-refractivity contribution in [2.45, 2.75) is 63.1 Å². The third-order valence-electron chi connectivity index (χ3n) is 6.12. The van der Waals surface area contributed by atoms with Gasteiger partial charge in [0.2, 0.25) is 0 Å². The average molecular weight is 313 g/mol. The Hall–Kier alpha value is 0.230. The molecule has 21 heavy (non-hydrogen) atoms. The van der Waals surface area contributed by atoms with Crippen molar-refractivity contribution < 1.29 is 4.74 Å². The fraction of sp³-hybridized carbons (Fsp3) is 1.00. The lowest BCUT2D eigenvalue weighted by Crippen LogP contribution is -2.52. The molecule has 2 atom stereocenters. The maximum absolute atomic E-state index is 6.25. The second kappa shape index (κ2) is 7.20. The smallest absolute Gasteiger partial charge is 0.0713 e. The van der Waals surface area contributed by atoms with Gasteiger partial charge in [-0.3, -0.25) is 0 Å². The van der Waals surface area contributed by atoms with E-state index in [1.54, 1.807) is 0 Å². The second-order valence-corrected chi connectivity index (χ2v) is 8.47. The van der Waals surface area contributed by atoms with Gasteiger partial charge in [0.25, 0.3) is 0 Å². The molecule has 4 heteroatoms. The van der Waals surface area contributed by atoms with Crippen LogP contribution < -0.4 is 5.32 Å². The standard InChI is InChI=1S/C17H32N2OS/c1-14(18-2)15-3-8-19(9-4-15)16-5-10-20-17(13-16)6-11-21-12-7-17/h14-16,18H,3-13H2,1-2H3. The monoisotopic (exact) mass is 312 g/mol. The molecule has 0 aromatic carbocycles. The zero-order valence-electron chi connectivity index (χ0n) is 13.8. The largest absolute Gasteiger partial charge is 0.375 e. The molecule has 3 fully saturated rings. The molecule has 1 N–H and O–H groups in total. The van der Waals surface area contributed by atoms with Gasteiger partial charge in [-0.25, -0.2) is 0 Å². The summed E-state index contributed by atoms with van der Waals surface area (Å²) in [5.74, 6) is 3.47. The molecule has 3 aliphatic heterocycles. The van der Waals surface area contributed by atoms with E-state index in [-0.39, 0.29) is 5.60 Å². The minimum absolute atomic E-state index is 0.239. The van der Waals surface area contributed by atoms with Crippen LogP contribution in [0.25, 0.3) is 0 Å². The molecule has 3 rings (SSSR count). The molecule has 2 unspecified atom stereocenters. The molecule has 3 heterocycles. The topological polar surface area (TPSA) is 24.5 Å². The number of rotatable bonds is 3. The van der Waals surface area contributed by atoms with Gasteiger partial charge in [0.15, 0.2) is 0 Å². The van der Waals surface area contributed by atoms with Crippen molar-refractivity contribution in [3.63, 3.8) is 0 Å². The van der Waals surface area contributed by atoms with E-state index in [0.29, 0.717) is 6.04 Å². The van der Waals surface area contributed by atoms with Crippen LogP contribution in [0, 0.1) is 5.92 Å². The van der Waals surface area contributed by atoms with E-state index in [0.717, 1.165) is 18.6 Å². The molecule has 122 valence electrons. The summed E-state index contributed by atoms with van der Waals surface area (Å²) < 4.78 is 6.25. The lowest BCUT2D eigenvalue weighted by Gasteiger charge is -2.48. The van der Waals surface area contributed by atoms with Crippen molar-refractivity contribution in [2.24, 2.45) is 5.92 Å². The zero-order chi connectivity index (χ0) is 14.7. The fourth-order valence-corrected chi connectivity index (χ4v) is 5.66. The van der Waals surface area contributed by atoms with E-state index >= 15 is 0 Å². The predicted octanol–water partition coefficient (Wildman–Crippen LogP) is 2.75. The Bertz CT molecular complexity index is 319. The minimum Gasteiger partial charge on any atom is -0.375 e. The first-order valence-corrected chi connectivity index (χ1v) is 10.0. The van der Waals surface area contributed by atoms with E-state index in [1.807, 2.05) is 0 Å².